The van der Waals surface area contributed by atoms with Gasteiger partial charge in [-0.2, -0.15) is 5.10 Å². The summed E-state index contributed by atoms with van der Waals surface area (Å²) >= 11 is 0. The van der Waals surface area contributed by atoms with Crippen molar-refractivity contribution in [2.45, 2.75) is 26.4 Å². The van der Waals surface area contributed by atoms with Crippen molar-refractivity contribution in [2.75, 3.05) is 31.1 Å². The largest absolute Gasteiger partial charge is 0.383 e. The van der Waals surface area contributed by atoms with Gasteiger partial charge in [-0.3, -0.25) is 4.68 Å². The second kappa shape index (κ2) is 8.30. The first-order chi connectivity index (χ1) is 10.7. The number of aryl methyl sites for hydroxylation is 1. The smallest absolute Gasteiger partial charge is 0.191 e. The molecule has 0 aromatic carbocycles. The Kier molecular flexibility index (Phi) is 7.01. The molecule has 0 aliphatic carbocycles. The minimum atomic E-state index is -3.02. The van der Waals surface area contributed by atoms with Crippen molar-refractivity contribution < 1.29 is 13.5 Å². The highest BCUT2D eigenvalue weighted by molar-refractivity contribution is 7.91. The summed E-state index contributed by atoms with van der Waals surface area (Å²) in [7, 11) is -1.24. The summed E-state index contributed by atoms with van der Waals surface area (Å²) in [5, 5.41) is 20.5. The standard InChI is InChI=1S/C14H27N5O3S/c1-5-15-13(16-7-8-23(21,22)6-2)17-11-14(3,20)12-9-18-19(4)10-12/h9-10,20H,5-8,11H2,1-4H3,(H2,15,16,17). The predicted octanol–water partition coefficient (Wildman–Crippen LogP) is -0.383. The topological polar surface area (TPSA) is 109 Å². The van der Waals surface area contributed by atoms with Crippen LogP contribution < -0.4 is 10.6 Å². The summed E-state index contributed by atoms with van der Waals surface area (Å²) in [6.07, 6.45) is 3.34. The summed E-state index contributed by atoms with van der Waals surface area (Å²) in [5.41, 5.74) is -0.472. The molecule has 0 saturated heterocycles. The van der Waals surface area contributed by atoms with Crippen LogP contribution in [0.4, 0.5) is 0 Å². The molecule has 0 aliphatic heterocycles. The second-order valence-electron chi connectivity index (χ2n) is 5.53. The van der Waals surface area contributed by atoms with Crippen molar-refractivity contribution >= 4 is 15.8 Å². The number of guanidine groups is 1. The number of rotatable bonds is 8. The van der Waals surface area contributed by atoms with Gasteiger partial charge in [0.25, 0.3) is 0 Å². The fourth-order valence-electron chi connectivity index (χ4n) is 1.83. The van der Waals surface area contributed by atoms with Crippen LogP contribution in [-0.4, -0.2) is 60.4 Å². The number of nitrogens with zero attached hydrogens (tertiary/aromatic N) is 3. The van der Waals surface area contributed by atoms with E-state index in [1.54, 1.807) is 38.0 Å². The van der Waals surface area contributed by atoms with Crippen molar-refractivity contribution in [3.8, 4) is 0 Å². The summed E-state index contributed by atoms with van der Waals surface area (Å²) in [6.45, 7) is 6.25. The lowest BCUT2D eigenvalue weighted by molar-refractivity contribution is 0.0672. The fraction of sp³-hybridized carbons (Fsp3) is 0.714. The normalized spacial score (nSPS) is 15.3. The average Bonchev–Trinajstić information content (AvgIpc) is 2.92. The summed E-state index contributed by atoms with van der Waals surface area (Å²) in [6, 6.07) is 0. The van der Waals surface area contributed by atoms with Crippen LogP contribution in [0.1, 0.15) is 26.3 Å². The molecule has 0 saturated carbocycles. The zero-order valence-corrected chi connectivity index (χ0v) is 15.0. The number of aliphatic hydroxyl groups is 1. The summed E-state index contributed by atoms with van der Waals surface area (Å²) < 4.78 is 24.6. The van der Waals surface area contributed by atoms with E-state index in [4.69, 9.17) is 0 Å². The number of aromatic nitrogens is 2. The molecule has 1 aromatic rings. The van der Waals surface area contributed by atoms with Gasteiger partial charge in [-0.1, -0.05) is 6.92 Å². The Balaban J connectivity index is 2.67. The Labute approximate surface area is 137 Å². The number of aliphatic imine (C=N–C) groups is 1. The highest BCUT2D eigenvalue weighted by Crippen LogP contribution is 2.19. The van der Waals surface area contributed by atoms with E-state index in [-0.39, 0.29) is 24.6 Å². The van der Waals surface area contributed by atoms with E-state index < -0.39 is 15.4 Å². The summed E-state index contributed by atoms with van der Waals surface area (Å²) in [5.74, 6) is 0.647. The second-order valence-corrected chi connectivity index (χ2v) is 8.01. The molecule has 132 valence electrons. The highest BCUT2D eigenvalue weighted by Gasteiger charge is 2.24. The van der Waals surface area contributed by atoms with Gasteiger partial charge >= 0.3 is 0 Å². The lowest BCUT2D eigenvalue weighted by atomic mass is 10.0. The van der Waals surface area contributed by atoms with Crippen LogP contribution in [0, 0.1) is 0 Å². The lowest BCUT2D eigenvalue weighted by Gasteiger charge is -2.20. The first kappa shape index (κ1) is 19.4. The summed E-state index contributed by atoms with van der Waals surface area (Å²) in [4.78, 5) is 4.33. The van der Waals surface area contributed by atoms with E-state index in [1.807, 2.05) is 6.92 Å². The van der Waals surface area contributed by atoms with Gasteiger partial charge in [-0.15, -0.1) is 0 Å². The third-order valence-electron chi connectivity index (χ3n) is 3.36. The van der Waals surface area contributed by atoms with Gasteiger partial charge in [-0.25, -0.2) is 13.4 Å². The van der Waals surface area contributed by atoms with Crippen molar-refractivity contribution in [2.24, 2.45) is 12.0 Å². The predicted molar refractivity (Wildman–Crippen MR) is 91.1 cm³/mol. The van der Waals surface area contributed by atoms with Crippen LogP contribution in [0.3, 0.4) is 0 Å². The van der Waals surface area contributed by atoms with Gasteiger partial charge in [0.2, 0.25) is 0 Å². The van der Waals surface area contributed by atoms with Gasteiger partial charge < -0.3 is 15.7 Å². The number of nitrogens with one attached hydrogen (secondary N) is 2. The number of sulfone groups is 1. The fourth-order valence-corrected chi connectivity index (χ4v) is 2.54. The van der Waals surface area contributed by atoms with E-state index in [9.17, 15) is 13.5 Å². The van der Waals surface area contributed by atoms with E-state index in [1.165, 1.54) is 0 Å². The van der Waals surface area contributed by atoms with Gasteiger partial charge in [0.15, 0.2) is 15.8 Å². The van der Waals surface area contributed by atoms with E-state index in [2.05, 4.69) is 20.7 Å². The molecule has 1 atom stereocenters. The lowest BCUT2D eigenvalue weighted by Crippen LogP contribution is -2.41. The van der Waals surface area contributed by atoms with Crippen LogP contribution >= 0.6 is 0 Å². The molecule has 0 radical (unpaired) electrons. The maximum atomic E-state index is 11.5. The molecule has 0 aliphatic rings. The molecule has 23 heavy (non-hydrogen) atoms. The first-order valence-corrected chi connectivity index (χ1v) is 9.46. The SMILES string of the molecule is CCNC(=NCC(C)(O)c1cnn(C)c1)NCCS(=O)(=O)CC. The molecule has 0 amide bonds. The Morgan fingerprint density at radius 2 is 2.13 bits per heavy atom. The molecular weight excluding hydrogens is 318 g/mol. The van der Waals surface area contributed by atoms with Crippen molar-refractivity contribution in [1.29, 1.82) is 0 Å². The molecule has 8 nitrogen and oxygen atoms in total. The Hall–Kier alpha value is -1.61. The number of hydrogen-bond acceptors (Lipinski definition) is 5. The van der Waals surface area contributed by atoms with Gasteiger partial charge in [0, 0.05) is 37.7 Å². The molecule has 0 fully saturated rings. The van der Waals surface area contributed by atoms with Gasteiger partial charge in [0.05, 0.1) is 18.5 Å². The van der Waals surface area contributed by atoms with Crippen LogP contribution in [0.25, 0.3) is 0 Å². The number of hydrogen-bond donors (Lipinski definition) is 3. The van der Waals surface area contributed by atoms with E-state index >= 15 is 0 Å². The van der Waals surface area contributed by atoms with Crippen LogP contribution in [0.15, 0.2) is 17.4 Å². The molecule has 1 rings (SSSR count). The molecule has 0 spiro atoms. The Morgan fingerprint density at radius 3 is 2.65 bits per heavy atom. The van der Waals surface area contributed by atoms with E-state index in [0.29, 0.717) is 18.1 Å². The monoisotopic (exact) mass is 345 g/mol. The molecular formula is C14H27N5O3S. The zero-order valence-electron chi connectivity index (χ0n) is 14.2. The first-order valence-electron chi connectivity index (χ1n) is 7.64. The third-order valence-corrected chi connectivity index (χ3v) is 5.07. The van der Waals surface area contributed by atoms with Crippen LogP contribution in [0.2, 0.25) is 0 Å². The molecule has 3 N–H and O–H groups in total. The maximum absolute atomic E-state index is 11.5. The van der Waals surface area contributed by atoms with Crippen molar-refractivity contribution in [1.82, 2.24) is 20.4 Å². The van der Waals surface area contributed by atoms with Crippen LogP contribution in [-0.2, 0) is 22.5 Å². The Bertz CT molecular complexity index is 622. The zero-order chi connectivity index (χ0) is 17.5. The van der Waals surface area contributed by atoms with Gasteiger partial charge in [0.1, 0.15) is 5.60 Å². The van der Waals surface area contributed by atoms with Gasteiger partial charge in [-0.05, 0) is 13.8 Å². The molecule has 0 bridgehead atoms. The third kappa shape index (κ3) is 6.57. The maximum Gasteiger partial charge on any atom is 0.191 e. The minimum Gasteiger partial charge on any atom is -0.383 e. The van der Waals surface area contributed by atoms with E-state index in [0.717, 1.165) is 0 Å². The van der Waals surface area contributed by atoms with Crippen molar-refractivity contribution in [3.63, 3.8) is 0 Å². The average molecular weight is 345 g/mol. The molecule has 9 heteroatoms. The molecule has 1 unspecified atom stereocenters. The van der Waals surface area contributed by atoms with Crippen LogP contribution in [0.5, 0.6) is 0 Å². The Morgan fingerprint density at radius 1 is 1.43 bits per heavy atom. The minimum absolute atomic E-state index is 0.0485. The molecule has 1 aromatic heterocycles. The molecule has 1 heterocycles. The highest BCUT2D eigenvalue weighted by atomic mass is 32.2. The van der Waals surface area contributed by atoms with Crippen molar-refractivity contribution in [3.05, 3.63) is 18.0 Å². The quantitative estimate of drug-likeness (QED) is 0.438.